The van der Waals surface area contributed by atoms with Crippen LogP contribution in [0.15, 0.2) is 18.2 Å². The molecule has 1 aromatic heterocycles. The highest BCUT2D eigenvalue weighted by molar-refractivity contribution is 6.06. The molecule has 2 aromatic rings. The average molecular weight is 390 g/mol. The minimum atomic E-state index is -0.871. The van der Waals surface area contributed by atoms with Gasteiger partial charge in [0, 0.05) is 25.1 Å². The quantitative estimate of drug-likeness (QED) is 0.818. The smallest absolute Gasteiger partial charge is 0.273 e. The fourth-order valence-corrected chi connectivity index (χ4v) is 3.58. The fraction of sp³-hybridized carbons (Fsp3) is 0.550. The van der Waals surface area contributed by atoms with Crippen LogP contribution in [0.4, 0.5) is 4.39 Å². The molecule has 152 valence electrons. The van der Waals surface area contributed by atoms with Crippen LogP contribution in [-0.4, -0.2) is 40.9 Å². The lowest BCUT2D eigenvalue weighted by atomic mass is 9.86. The number of hydrogen-bond acceptors (Lipinski definition) is 4. The Kier molecular flexibility index (Phi) is 5.69. The number of primary amides is 1. The number of aromatic nitrogens is 2. The molecule has 28 heavy (non-hydrogen) atoms. The maximum Gasteiger partial charge on any atom is 0.273 e. The van der Waals surface area contributed by atoms with Crippen LogP contribution in [0.1, 0.15) is 44.1 Å². The van der Waals surface area contributed by atoms with Gasteiger partial charge in [0.25, 0.3) is 5.91 Å². The third kappa shape index (κ3) is 4.16. The van der Waals surface area contributed by atoms with Gasteiger partial charge in [-0.3, -0.25) is 14.3 Å². The minimum Gasteiger partial charge on any atom is -0.381 e. The molecule has 1 aromatic carbocycles. The summed E-state index contributed by atoms with van der Waals surface area (Å²) in [5.41, 5.74) is 5.29. The highest BCUT2D eigenvalue weighted by Gasteiger charge is 2.33. The monoisotopic (exact) mass is 390 g/mol. The molecule has 1 saturated heterocycles. The highest BCUT2D eigenvalue weighted by Crippen LogP contribution is 2.26. The molecule has 2 heterocycles. The molecule has 8 heteroatoms. The van der Waals surface area contributed by atoms with Crippen LogP contribution in [-0.2, 0) is 16.1 Å². The van der Waals surface area contributed by atoms with E-state index in [0.717, 1.165) is 12.8 Å². The molecule has 0 spiro atoms. The summed E-state index contributed by atoms with van der Waals surface area (Å²) in [6.45, 7) is 7.28. The highest BCUT2D eigenvalue weighted by atomic mass is 19.1. The van der Waals surface area contributed by atoms with Gasteiger partial charge in [-0.05, 0) is 30.2 Å². The molecule has 0 aliphatic carbocycles. The van der Waals surface area contributed by atoms with Crippen molar-refractivity contribution in [2.45, 2.75) is 46.2 Å². The summed E-state index contributed by atoms with van der Waals surface area (Å²) < 4.78 is 21.5. The Morgan fingerprint density at radius 1 is 1.36 bits per heavy atom. The number of nitrogens with one attached hydrogen (secondary N) is 1. The predicted molar refractivity (Wildman–Crippen MR) is 103 cm³/mol. The number of carbonyl (C=O) groups is 2. The number of para-hydroxylation sites is 1. The van der Waals surface area contributed by atoms with Gasteiger partial charge in [0.05, 0.1) is 0 Å². The second kappa shape index (κ2) is 7.87. The molecule has 0 radical (unpaired) electrons. The molecule has 0 saturated carbocycles. The zero-order valence-corrected chi connectivity index (χ0v) is 16.5. The molecule has 3 N–H and O–H groups in total. The van der Waals surface area contributed by atoms with E-state index in [1.54, 1.807) is 16.8 Å². The number of amides is 2. The summed E-state index contributed by atoms with van der Waals surface area (Å²) in [7, 11) is 0. The first kappa shape index (κ1) is 20.3. The topological polar surface area (TPSA) is 99.2 Å². The number of nitrogens with two attached hydrogens (primary N) is 1. The summed E-state index contributed by atoms with van der Waals surface area (Å²) in [6.07, 6.45) is 1.73. The molecule has 1 aliphatic rings. The lowest BCUT2D eigenvalue weighted by molar-refractivity contribution is -0.122. The first-order chi connectivity index (χ1) is 13.2. The van der Waals surface area contributed by atoms with Crippen molar-refractivity contribution in [3.8, 4) is 0 Å². The van der Waals surface area contributed by atoms with E-state index in [1.807, 2.05) is 20.8 Å². The van der Waals surface area contributed by atoms with Crippen LogP contribution in [0.2, 0.25) is 0 Å². The number of rotatable bonds is 5. The van der Waals surface area contributed by atoms with Gasteiger partial charge in [-0.25, -0.2) is 4.39 Å². The molecule has 1 fully saturated rings. The predicted octanol–water partition coefficient (Wildman–Crippen LogP) is 2.23. The maximum absolute atomic E-state index is 14.6. The van der Waals surface area contributed by atoms with Crippen molar-refractivity contribution in [3.05, 3.63) is 29.7 Å². The summed E-state index contributed by atoms with van der Waals surface area (Å²) in [6, 6.07) is 3.69. The van der Waals surface area contributed by atoms with Crippen LogP contribution in [0.5, 0.6) is 0 Å². The second-order valence-electron chi connectivity index (χ2n) is 8.40. The van der Waals surface area contributed by atoms with E-state index < -0.39 is 29.1 Å². The average Bonchev–Trinajstić information content (AvgIpc) is 2.99. The third-order valence-corrected chi connectivity index (χ3v) is 5.13. The summed E-state index contributed by atoms with van der Waals surface area (Å²) in [4.78, 5) is 24.7. The molecule has 2 amide bonds. The van der Waals surface area contributed by atoms with Gasteiger partial charge in [0.2, 0.25) is 5.91 Å². The van der Waals surface area contributed by atoms with Crippen LogP contribution >= 0.6 is 0 Å². The Morgan fingerprint density at radius 2 is 2.04 bits per heavy atom. The fourth-order valence-electron chi connectivity index (χ4n) is 3.58. The normalized spacial score (nSPS) is 16.9. The van der Waals surface area contributed by atoms with Crippen molar-refractivity contribution in [2.24, 2.45) is 17.1 Å². The van der Waals surface area contributed by atoms with Gasteiger partial charge >= 0.3 is 0 Å². The van der Waals surface area contributed by atoms with Gasteiger partial charge < -0.3 is 15.8 Å². The van der Waals surface area contributed by atoms with Gasteiger partial charge in [0.1, 0.15) is 17.4 Å². The number of halogens is 1. The van der Waals surface area contributed by atoms with Crippen LogP contribution in [0, 0.1) is 17.2 Å². The van der Waals surface area contributed by atoms with E-state index in [0.29, 0.717) is 36.6 Å². The zero-order chi connectivity index (χ0) is 20.5. The van der Waals surface area contributed by atoms with Crippen LogP contribution in [0.3, 0.4) is 0 Å². The lowest BCUT2D eigenvalue weighted by Gasteiger charge is -2.28. The Hall–Kier alpha value is -2.48. The minimum absolute atomic E-state index is 0.0945. The van der Waals surface area contributed by atoms with Gasteiger partial charge in [0.15, 0.2) is 5.69 Å². The van der Waals surface area contributed by atoms with Gasteiger partial charge in [-0.1, -0.05) is 32.9 Å². The van der Waals surface area contributed by atoms with Crippen molar-refractivity contribution >= 4 is 22.7 Å². The van der Waals surface area contributed by atoms with E-state index in [2.05, 4.69) is 10.4 Å². The van der Waals surface area contributed by atoms with Crippen LogP contribution < -0.4 is 11.1 Å². The first-order valence-electron chi connectivity index (χ1n) is 9.51. The Labute approximate surface area is 163 Å². The molecule has 1 atom stereocenters. The number of carbonyl (C=O) groups excluding carboxylic acids is 2. The summed E-state index contributed by atoms with van der Waals surface area (Å²) >= 11 is 0. The third-order valence-electron chi connectivity index (χ3n) is 5.13. The van der Waals surface area contributed by atoms with Crippen molar-refractivity contribution in [1.29, 1.82) is 0 Å². The SMILES string of the molecule is CC(C)(C)[C@H](NC(=O)c1nn(CC2CCOCC2)c2c(F)cccc12)C(N)=O. The Morgan fingerprint density at radius 3 is 2.64 bits per heavy atom. The van der Waals surface area contributed by atoms with E-state index >= 15 is 0 Å². The number of benzene rings is 1. The number of nitrogens with zero attached hydrogens (tertiary/aromatic N) is 2. The summed E-state index contributed by atoms with van der Waals surface area (Å²) in [5.74, 6) is -1.29. The van der Waals surface area contributed by atoms with Crippen molar-refractivity contribution in [2.75, 3.05) is 13.2 Å². The number of fused-ring (bicyclic) bond motifs is 1. The second-order valence-corrected chi connectivity index (χ2v) is 8.40. The zero-order valence-electron chi connectivity index (χ0n) is 16.5. The maximum atomic E-state index is 14.6. The molecule has 3 rings (SSSR count). The van der Waals surface area contributed by atoms with E-state index in [-0.39, 0.29) is 5.69 Å². The number of ether oxygens (including phenoxy) is 1. The van der Waals surface area contributed by atoms with E-state index in [4.69, 9.17) is 10.5 Å². The Balaban J connectivity index is 1.95. The van der Waals surface area contributed by atoms with E-state index in [9.17, 15) is 14.0 Å². The lowest BCUT2D eigenvalue weighted by Crippen LogP contribution is -2.52. The van der Waals surface area contributed by atoms with Crippen molar-refractivity contribution in [1.82, 2.24) is 15.1 Å². The van der Waals surface area contributed by atoms with Crippen molar-refractivity contribution < 1.29 is 18.7 Å². The largest absolute Gasteiger partial charge is 0.381 e. The van der Waals surface area contributed by atoms with Crippen LogP contribution in [0.25, 0.3) is 10.9 Å². The van der Waals surface area contributed by atoms with E-state index in [1.165, 1.54) is 6.07 Å². The van der Waals surface area contributed by atoms with Gasteiger partial charge in [-0.2, -0.15) is 5.10 Å². The number of hydrogen-bond donors (Lipinski definition) is 2. The summed E-state index contributed by atoms with van der Waals surface area (Å²) in [5, 5.41) is 7.50. The van der Waals surface area contributed by atoms with Gasteiger partial charge in [-0.15, -0.1) is 0 Å². The molecule has 1 aliphatic heterocycles. The molecule has 7 nitrogen and oxygen atoms in total. The Bertz CT molecular complexity index is 881. The molecule has 0 bridgehead atoms. The molecule has 0 unspecified atom stereocenters. The molecular weight excluding hydrogens is 363 g/mol. The molecular formula is C20H27FN4O3. The standard InChI is InChI=1S/C20H27FN4O3/c1-20(2,3)17(18(22)26)23-19(27)15-13-5-4-6-14(21)16(13)25(24-15)11-12-7-9-28-10-8-12/h4-6,12,17H,7-11H2,1-3H3,(H2,22,26)(H,23,27)/t17-/m1/s1. The first-order valence-corrected chi connectivity index (χ1v) is 9.51. The van der Waals surface area contributed by atoms with Crippen molar-refractivity contribution in [3.63, 3.8) is 0 Å².